The minimum absolute atomic E-state index is 0.375. The minimum Gasteiger partial charge on any atom is -0.340 e. The van der Waals surface area contributed by atoms with Crippen molar-refractivity contribution in [3.8, 4) is 0 Å². The van der Waals surface area contributed by atoms with Gasteiger partial charge in [0.15, 0.2) is 0 Å². The molecule has 1 saturated heterocycles. The molecular weight excluding hydrogens is 306 g/mol. The molecule has 0 atom stereocenters. The zero-order chi connectivity index (χ0) is 16.1. The van der Waals surface area contributed by atoms with Crippen LogP contribution in [-0.2, 0) is 11.3 Å². The average molecular weight is 336 g/mol. The number of thiazole rings is 1. The molecule has 23 heavy (non-hydrogen) atoms. The zero-order valence-corrected chi connectivity index (χ0v) is 15.1. The van der Waals surface area contributed by atoms with E-state index < -0.39 is 0 Å². The molecule has 2 heterocycles. The van der Waals surface area contributed by atoms with Crippen LogP contribution in [0.3, 0.4) is 0 Å². The van der Waals surface area contributed by atoms with Crippen LogP contribution in [0, 0.1) is 12.8 Å². The Hall–Kier alpha value is -0.940. The highest BCUT2D eigenvalue weighted by Gasteiger charge is 2.22. The maximum atomic E-state index is 12.4. The molecule has 1 aliphatic heterocycles. The Bertz CT molecular complexity index is 502. The highest BCUT2D eigenvalue weighted by Crippen LogP contribution is 2.27. The van der Waals surface area contributed by atoms with Gasteiger partial charge in [-0.15, -0.1) is 11.3 Å². The molecular formula is C18H29N3OS. The molecule has 1 aromatic heterocycles. The summed E-state index contributed by atoms with van der Waals surface area (Å²) < 4.78 is 0. The number of hydrogen-bond donors (Lipinski definition) is 0. The van der Waals surface area contributed by atoms with Crippen molar-refractivity contribution in [3.05, 3.63) is 16.1 Å². The van der Waals surface area contributed by atoms with Gasteiger partial charge in [0, 0.05) is 44.5 Å². The fourth-order valence-electron chi connectivity index (χ4n) is 3.83. The van der Waals surface area contributed by atoms with Crippen molar-refractivity contribution in [3.63, 3.8) is 0 Å². The minimum atomic E-state index is 0.375. The number of aryl methyl sites for hydroxylation is 1. The Kier molecular flexibility index (Phi) is 6.06. The first kappa shape index (κ1) is 16.9. The second kappa shape index (κ2) is 8.25. The van der Waals surface area contributed by atoms with Crippen LogP contribution in [0.2, 0.25) is 0 Å². The lowest BCUT2D eigenvalue weighted by molar-refractivity contribution is -0.133. The molecule has 128 valence electrons. The van der Waals surface area contributed by atoms with Gasteiger partial charge in [-0.1, -0.05) is 32.1 Å². The zero-order valence-electron chi connectivity index (χ0n) is 14.3. The van der Waals surface area contributed by atoms with Crippen molar-refractivity contribution in [2.24, 2.45) is 5.92 Å². The number of carbonyl (C=O) groups is 1. The van der Waals surface area contributed by atoms with Crippen LogP contribution in [-0.4, -0.2) is 46.9 Å². The monoisotopic (exact) mass is 335 g/mol. The lowest BCUT2D eigenvalue weighted by atomic mass is 9.86. The Labute approximate surface area is 143 Å². The second-order valence-corrected chi connectivity index (χ2v) is 8.12. The normalized spacial score (nSPS) is 20.8. The molecule has 0 N–H and O–H groups in total. The average Bonchev–Trinajstić information content (AvgIpc) is 2.99. The maximum absolute atomic E-state index is 12.4. The summed E-state index contributed by atoms with van der Waals surface area (Å²) in [6.07, 6.45) is 8.68. The van der Waals surface area contributed by atoms with E-state index in [0.29, 0.717) is 5.91 Å². The molecule has 4 nitrogen and oxygen atoms in total. The third kappa shape index (κ3) is 5.01. The Morgan fingerprint density at radius 3 is 2.61 bits per heavy atom. The van der Waals surface area contributed by atoms with Crippen LogP contribution < -0.4 is 0 Å². The summed E-state index contributed by atoms with van der Waals surface area (Å²) in [4.78, 5) is 21.4. The molecule has 2 fully saturated rings. The number of amides is 1. The van der Waals surface area contributed by atoms with E-state index in [2.05, 4.69) is 27.1 Å². The summed E-state index contributed by atoms with van der Waals surface area (Å²) in [5, 5.41) is 3.29. The molecule has 1 saturated carbocycles. The predicted octanol–water partition coefficient (Wildman–Crippen LogP) is 3.46. The molecule has 1 aliphatic carbocycles. The van der Waals surface area contributed by atoms with Gasteiger partial charge in [0.1, 0.15) is 0 Å². The smallest absolute Gasteiger partial charge is 0.222 e. The maximum Gasteiger partial charge on any atom is 0.222 e. The summed E-state index contributed by atoms with van der Waals surface area (Å²) in [6.45, 7) is 6.70. The number of hydrogen-bond acceptors (Lipinski definition) is 4. The Morgan fingerprint density at radius 1 is 1.22 bits per heavy atom. The molecule has 0 aromatic carbocycles. The first-order valence-corrected chi connectivity index (χ1v) is 10.00. The van der Waals surface area contributed by atoms with Gasteiger partial charge in [-0.05, 0) is 19.3 Å². The number of rotatable bonds is 5. The van der Waals surface area contributed by atoms with Crippen molar-refractivity contribution < 1.29 is 4.79 Å². The summed E-state index contributed by atoms with van der Waals surface area (Å²) in [7, 11) is 0. The van der Waals surface area contributed by atoms with E-state index in [1.54, 1.807) is 11.3 Å². The van der Waals surface area contributed by atoms with E-state index in [9.17, 15) is 4.79 Å². The number of aromatic nitrogens is 1. The quantitative estimate of drug-likeness (QED) is 0.827. The van der Waals surface area contributed by atoms with Crippen LogP contribution in [0.4, 0.5) is 0 Å². The molecule has 1 aromatic rings. The fourth-order valence-corrected chi connectivity index (χ4v) is 4.43. The summed E-state index contributed by atoms with van der Waals surface area (Å²) in [5.41, 5.74) is 1.17. The lowest BCUT2D eigenvalue weighted by Gasteiger charge is -2.34. The largest absolute Gasteiger partial charge is 0.340 e. The van der Waals surface area contributed by atoms with E-state index in [1.165, 1.54) is 37.8 Å². The van der Waals surface area contributed by atoms with Gasteiger partial charge in [0.25, 0.3) is 0 Å². The molecule has 0 spiro atoms. The second-order valence-electron chi connectivity index (χ2n) is 7.06. The van der Waals surface area contributed by atoms with Gasteiger partial charge in [-0.2, -0.15) is 0 Å². The summed E-state index contributed by atoms with van der Waals surface area (Å²) in [6, 6.07) is 0. The molecule has 0 radical (unpaired) electrons. The summed E-state index contributed by atoms with van der Waals surface area (Å²) in [5.74, 6) is 1.18. The molecule has 2 aliphatic rings. The third-order valence-electron chi connectivity index (χ3n) is 5.27. The van der Waals surface area contributed by atoms with Crippen molar-refractivity contribution in [1.29, 1.82) is 0 Å². The topological polar surface area (TPSA) is 36.4 Å². The van der Waals surface area contributed by atoms with Gasteiger partial charge in [-0.25, -0.2) is 4.98 Å². The Morgan fingerprint density at radius 2 is 1.96 bits per heavy atom. The Balaban J connectivity index is 1.37. The van der Waals surface area contributed by atoms with Crippen molar-refractivity contribution >= 4 is 17.2 Å². The highest BCUT2D eigenvalue weighted by molar-refractivity contribution is 7.09. The third-order valence-corrected chi connectivity index (χ3v) is 6.09. The first-order valence-electron chi connectivity index (χ1n) is 9.12. The summed E-state index contributed by atoms with van der Waals surface area (Å²) >= 11 is 1.72. The van der Waals surface area contributed by atoms with E-state index in [0.717, 1.165) is 56.5 Å². The van der Waals surface area contributed by atoms with Crippen LogP contribution in [0.25, 0.3) is 0 Å². The highest BCUT2D eigenvalue weighted by atomic mass is 32.1. The van der Waals surface area contributed by atoms with Crippen LogP contribution >= 0.6 is 11.3 Å². The van der Waals surface area contributed by atoms with E-state index >= 15 is 0 Å². The van der Waals surface area contributed by atoms with E-state index in [-0.39, 0.29) is 0 Å². The van der Waals surface area contributed by atoms with Crippen LogP contribution in [0.1, 0.15) is 55.6 Å². The number of nitrogens with zero attached hydrogens (tertiary/aromatic N) is 3. The number of piperazine rings is 1. The van der Waals surface area contributed by atoms with Gasteiger partial charge in [0.05, 0.1) is 10.7 Å². The van der Waals surface area contributed by atoms with Gasteiger partial charge < -0.3 is 4.90 Å². The van der Waals surface area contributed by atoms with Gasteiger partial charge >= 0.3 is 0 Å². The molecule has 0 bridgehead atoms. The van der Waals surface area contributed by atoms with Crippen molar-refractivity contribution in [2.45, 2.75) is 58.4 Å². The SMILES string of the molecule is Cc1nc(CN2CCN(C(=O)CCC3CCCCC3)CC2)cs1. The number of carbonyl (C=O) groups excluding carboxylic acids is 1. The standard InChI is InChI=1S/C18H29N3OS/c1-15-19-17(14-23-15)13-20-9-11-21(12-10-20)18(22)8-7-16-5-3-2-4-6-16/h14,16H,2-13H2,1H3. The molecule has 3 rings (SSSR count). The van der Waals surface area contributed by atoms with E-state index in [4.69, 9.17) is 0 Å². The van der Waals surface area contributed by atoms with Crippen LogP contribution in [0.5, 0.6) is 0 Å². The van der Waals surface area contributed by atoms with Crippen molar-refractivity contribution in [1.82, 2.24) is 14.8 Å². The van der Waals surface area contributed by atoms with Gasteiger partial charge in [0.2, 0.25) is 5.91 Å². The molecule has 0 unspecified atom stereocenters. The first-order chi connectivity index (χ1) is 11.2. The molecule has 5 heteroatoms. The van der Waals surface area contributed by atoms with Gasteiger partial charge in [-0.3, -0.25) is 9.69 Å². The van der Waals surface area contributed by atoms with E-state index in [1.807, 2.05) is 0 Å². The lowest BCUT2D eigenvalue weighted by Crippen LogP contribution is -2.48. The van der Waals surface area contributed by atoms with Crippen molar-refractivity contribution in [2.75, 3.05) is 26.2 Å². The molecule has 1 amide bonds. The predicted molar refractivity (Wildman–Crippen MR) is 94.5 cm³/mol. The fraction of sp³-hybridized carbons (Fsp3) is 0.778. The van der Waals surface area contributed by atoms with Crippen LogP contribution in [0.15, 0.2) is 5.38 Å².